The molecule has 0 spiro atoms. The Morgan fingerprint density at radius 2 is 1.92 bits per heavy atom. The highest BCUT2D eigenvalue weighted by atomic mass is 32.2. The number of methoxy groups -OCH3 is 3. The highest BCUT2D eigenvalue weighted by Gasteiger charge is 2.15. The van der Waals surface area contributed by atoms with Gasteiger partial charge in [0.1, 0.15) is 0 Å². The van der Waals surface area contributed by atoms with Crippen LogP contribution in [-0.2, 0) is 4.79 Å². The first-order valence-corrected chi connectivity index (χ1v) is 9.39. The summed E-state index contributed by atoms with van der Waals surface area (Å²) in [6, 6.07) is 7.20. The molecule has 2 aromatic heterocycles. The summed E-state index contributed by atoms with van der Waals surface area (Å²) in [6.45, 7) is 0. The molecule has 0 bridgehead atoms. The molecule has 0 fully saturated rings. The maximum absolute atomic E-state index is 12.3. The summed E-state index contributed by atoms with van der Waals surface area (Å²) in [5, 5.41) is 2.83. The van der Waals surface area contributed by atoms with E-state index in [4.69, 9.17) is 14.2 Å². The van der Waals surface area contributed by atoms with Crippen molar-refractivity contribution < 1.29 is 19.0 Å². The summed E-state index contributed by atoms with van der Waals surface area (Å²) in [6.07, 6.45) is 1.70. The Kier molecular flexibility index (Phi) is 5.79. The molecule has 26 heavy (non-hydrogen) atoms. The van der Waals surface area contributed by atoms with Gasteiger partial charge in [0, 0.05) is 24.0 Å². The van der Waals surface area contributed by atoms with E-state index >= 15 is 0 Å². The molecule has 136 valence electrons. The third-order valence-corrected chi connectivity index (χ3v) is 5.57. The van der Waals surface area contributed by atoms with Gasteiger partial charge in [0.05, 0.1) is 31.8 Å². The Bertz CT molecular complexity index is 871. The van der Waals surface area contributed by atoms with Crippen LogP contribution in [0, 0.1) is 0 Å². The van der Waals surface area contributed by atoms with Crippen LogP contribution in [0.2, 0.25) is 0 Å². The minimum Gasteiger partial charge on any atom is -0.493 e. The zero-order valence-electron chi connectivity index (χ0n) is 14.4. The van der Waals surface area contributed by atoms with E-state index in [1.807, 2.05) is 12.1 Å². The molecule has 9 heteroatoms. The van der Waals surface area contributed by atoms with E-state index in [9.17, 15) is 4.79 Å². The summed E-state index contributed by atoms with van der Waals surface area (Å²) in [4.78, 5) is 20.9. The van der Waals surface area contributed by atoms with Crippen molar-refractivity contribution in [3.8, 4) is 17.2 Å². The Hall–Kier alpha value is -2.52. The van der Waals surface area contributed by atoms with E-state index in [2.05, 4.69) is 15.3 Å². The lowest BCUT2D eigenvalue weighted by Gasteiger charge is -2.14. The number of anilines is 1. The number of rotatable bonds is 7. The van der Waals surface area contributed by atoms with E-state index in [-0.39, 0.29) is 11.7 Å². The van der Waals surface area contributed by atoms with Gasteiger partial charge in [0.25, 0.3) is 0 Å². The largest absolute Gasteiger partial charge is 0.493 e. The van der Waals surface area contributed by atoms with Crippen LogP contribution in [0.15, 0.2) is 34.8 Å². The molecule has 0 aliphatic carbocycles. The summed E-state index contributed by atoms with van der Waals surface area (Å²) >= 11 is 2.88. The number of thioether (sulfide) groups is 1. The van der Waals surface area contributed by atoms with Gasteiger partial charge in [-0.05, 0) is 12.1 Å². The number of aromatic nitrogens is 2. The molecular weight excluding hydrogens is 374 g/mol. The number of nitrogens with zero attached hydrogens (tertiary/aromatic N) is 2. The fraction of sp³-hybridized carbons (Fsp3) is 0.235. The third-order valence-electron chi connectivity index (χ3n) is 3.42. The quantitative estimate of drug-likeness (QED) is 0.618. The van der Waals surface area contributed by atoms with Crippen molar-refractivity contribution >= 4 is 45.0 Å². The number of nitrogens with one attached hydrogen (secondary N) is 1. The number of hydrogen-bond donors (Lipinski definition) is 1. The number of ether oxygens (including phenoxy) is 3. The Morgan fingerprint density at radius 3 is 2.54 bits per heavy atom. The molecule has 0 aliphatic heterocycles. The molecule has 0 saturated carbocycles. The van der Waals surface area contributed by atoms with Crippen molar-refractivity contribution in [3.63, 3.8) is 0 Å². The van der Waals surface area contributed by atoms with Crippen LogP contribution in [0.4, 0.5) is 5.69 Å². The first kappa shape index (κ1) is 18.3. The third kappa shape index (κ3) is 4.00. The maximum atomic E-state index is 12.3. The van der Waals surface area contributed by atoms with Crippen LogP contribution in [0.3, 0.4) is 0 Å². The van der Waals surface area contributed by atoms with Gasteiger partial charge in [-0.2, -0.15) is 0 Å². The number of carbonyl (C=O) groups excluding carboxylic acids is 1. The van der Waals surface area contributed by atoms with E-state index in [1.165, 1.54) is 44.4 Å². The molecule has 0 radical (unpaired) electrons. The summed E-state index contributed by atoms with van der Waals surface area (Å²) in [7, 11) is 4.59. The van der Waals surface area contributed by atoms with Crippen molar-refractivity contribution in [1.29, 1.82) is 0 Å². The lowest BCUT2D eigenvalue weighted by molar-refractivity contribution is -0.113. The van der Waals surface area contributed by atoms with Gasteiger partial charge >= 0.3 is 0 Å². The number of fused-ring (bicyclic) bond motifs is 1. The fourth-order valence-electron chi connectivity index (χ4n) is 2.29. The standard InChI is InChI=1S/C17H17N3O4S2/c1-22-11-7-10(8-12(23-2)15(11)24-3)19-14(21)9-25-17-20-16-13(26-17)5-4-6-18-16/h4-8H,9H2,1-3H3,(H,19,21). The van der Waals surface area contributed by atoms with Crippen molar-refractivity contribution in [2.45, 2.75) is 4.34 Å². The van der Waals surface area contributed by atoms with E-state index in [0.29, 0.717) is 28.6 Å². The predicted octanol–water partition coefficient (Wildman–Crippen LogP) is 3.45. The molecule has 3 rings (SSSR count). The summed E-state index contributed by atoms with van der Waals surface area (Å²) < 4.78 is 17.7. The van der Waals surface area contributed by atoms with Crippen LogP contribution in [0.5, 0.6) is 17.2 Å². The Balaban J connectivity index is 1.67. The van der Waals surface area contributed by atoms with Gasteiger partial charge in [-0.1, -0.05) is 11.8 Å². The zero-order valence-corrected chi connectivity index (χ0v) is 16.1. The van der Waals surface area contributed by atoms with Gasteiger partial charge in [0.2, 0.25) is 11.7 Å². The molecule has 1 amide bonds. The maximum Gasteiger partial charge on any atom is 0.234 e. The predicted molar refractivity (Wildman–Crippen MR) is 103 cm³/mol. The van der Waals surface area contributed by atoms with Crippen LogP contribution in [0.25, 0.3) is 10.3 Å². The lowest BCUT2D eigenvalue weighted by atomic mass is 10.2. The van der Waals surface area contributed by atoms with Gasteiger partial charge < -0.3 is 19.5 Å². The molecule has 2 heterocycles. The molecule has 3 aromatic rings. The minimum absolute atomic E-state index is 0.156. The second-order valence-electron chi connectivity index (χ2n) is 5.06. The van der Waals surface area contributed by atoms with Gasteiger partial charge in [0.15, 0.2) is 21.5 Å². The molecule has 7 nitrogen and oxygen atoms in total. The van der Waals surface area contributed by atoms with Crippen molar-refractivity contribution in [3.05, 3.63) is 30.5 Å². The number of thiazole rings is 1. The van der Waals surface area contributed by atoms with Crippen LogP contribution in [-0.4, -0.2) is 43.0 Å². The van der Waals surface area contributed by atoms with Crippen molar-refractivity contribution in [1.82, 2.24) is 9.97 Å². The van der Waals surface area contributed by atoms with Crippen molar-refractivity contribution in [2.75, 3.05) is 32.4 Å². The minimum atomic E-state index is -0.156. The molecule has 0 atom stereocenters. The molecular formula is C17H17N3O4S2. The Morgan fingerprint density at radius 1 is 1.19 bits per heavy atom. The number of amides is 1. The van der Waals surface area contributed by atoms with E-state index in [1.54, 1.807) is 18.3 Å². The second kappa shape index (κ2) is 8.24. The number of benzene rings is 1. The molecule has 1 aromatic carbocycles. The van der Waals surface area contributed by atoms with Crippen LogP contribution in [0.1, 0.15) is 0 Å². The highest BCUT2D eigenvalue weighted by Crippen LogP contribution is 2.40. The SMILES string of the molecule is COc1cc(NC(=O)CSc2nc3ncccc3s2)cc(OC)c1OC. The highest BCUT2D eigenvalue weighted by molar-refractivity contribution is 8.01. The fourth-order valence-corrected chi connectivity index (χ4v) is 4.10. The van der Waals surface area contributed by atoms with Crippen LogP contribution >= 0.6 is 23.1 Å². The number of carbonyl (C=O) groups is 1. The van der Waals surface area contributed by atoms with E-state index < -0.39 is 0 Å². The molecule has 1 N–H and O–H groups in total. The number of hydrogen-bond acceptors (Lipinski definition) is 8. The summed E-state index contributed by atoms with van der Waals surface area (Å²) in [5.41, 5.74) is 1.26. The average molecular weight is 391 g/mol. The first-order chi connectivity index (χ1) is 12.6. The summed E-state index contributed by atoms with van der Waals surface area (Å²) in [5.74, 6) is 1.51. The molecule has 0 aliphatic rings. The van der Waals surface area contributed by atoms with E-state index in [0.717, 1.165) is 9.04 Å². The number of pyridine rings is 1. The topological polar surface area (TPSA) is 82.6 Å². The lowest BCUT2D eigenvalue weighted by Crippen LogP contribution is -2.14. The molecule has 0 saturated heterocycles. The monoisotopic (exact) mass is 391 g/mol. The second-order valence-corrected chi connectivity index (χ2v) is 7.31. The normalized spacial score (nSPS) is 10.6. The van der Waals surface area contributed by atoms with Gasteiger partial charge in [-0.3, -0.25) is 4.79 Å². The smallest absolute Gasteiger partial charge is 0.234 e. The van der Waals surface area contributed by atoms with Crippen LogP contribution < -0.4 is 19.5 Å². The zero-order chi connectivity index (χ0) is 18.5. The average Bonchev–Trinajstić information content (AvgIpc) is 3.08. The molecule has 0 unspecified atom stereocenters. The first-order valence-electron chi connectivity index (χ1n) is 7.58. The Labute approximate surface area is 158 Å². The van der Waals surface area contributed by atoms with Gasteiger partial charge in [-0.15, -0.1) is 11.3 Å². The van der Waals surface area contributed by atoms with Gasteiger partial charge in [-0.25, -0.2) is 9.97 Å². The van der Waals surface area contributed by atoms with Crippen molar-refractivity contribution in [2.24, 2.45) is 0 Å².